The van der Waals surface area contributed by atoms with Crippen molar-refractivity contribution in [1.82, 2.24) is 4.90 Å². The van der Waals surface area contributed by atoms with Gasteiger partial charge in [0.05, 0.1) is 10.5 Å². The van der Waals surface area contributed by atoms with Crippen molar-refractivity contribution < 1.29 is 9.72 Å². The normalized spacial score (nSPS) is 16.3. The third kappa shape index (κ3) is 3.61. The molecule has 0 bridgehead atoms. The molecule has 0 aromatic heterocycles. The van der Waals surface area contributed by atoms with Gasteiger partial charge in [-0.15, -0.1) is 0 Å². The maximum absolute atomic E-state index is 12.6. The molecule has 1 aliphatic carbocycles. The van der Waals surface area contributed by atoms with Gasteiger partial charge >= 0.3 is 0 Å². The monoisotopic (exact) mass is 354 g/mol. The standard InChI is InChI=1S/C15H19BrN2O3/c1-17(11-7-4-2-3-5-8-11)15(19)12-9-6-10-13(14(12)16)18(20)21/h6,9-11H,2-5,7-8H2,1H3. The lowest BCUT2D eigenvalue weighted by molar-refractivity contribution is -0.385. The first-order valence-corrected chi connectivity index (χ1v) is 8.01. The van der Waals surface area contributed by atoms with Crippen LogP contribution in [-0.4, -0.2) is 28.8 Å². The molecule has 114 valence electrons. The zero-order valence-corrected chi connectivity index (χ0v) is 13.6. The van der Waals surface area contributed by atoms with E-state index in [9.17, 15) is 14.9 Å². The second-order valence-electron chi connectivity index (χ2n) is 5.46. The number of carbonyl (C=O) groups excluding carboxylic acids is 1. The minimum absolute atomic E-state index is 0.0740. The van der Waals surface area contributed by atoms with Crippen LogP contribution in [0.3, 0.4) is 0 Å². The maximum atomic E-state index is 12.6. The van der Waals surface area contributed by atoms with Crippen molar-refractivity contribution in [2.24, 2.45) is 0 Å². The average Bonchev–Trinajstić information content (AvgIpc) is 2.74. The van der Waals surface area contributed by atoms with Crippen LogP contribution in [0.4, 0.5) is 5.69 Å². The first-order valence-electron chi connectivity index (χ1n) is 7.22. The number of halogens is 1. The van der Waals surface area contributed by atoms with E-state index in [4.69, 9.17) is 0 Å². The molecule has 0 spiro atoms. The van der Waals surface area contributed by atoms with Crippen molar-refractivity contribution in [3.05, 3.63) is 38.3 Å². The number of hydrogen-bond acceptors (Lipinski definition) is 3. The van der Waals surface area contributed by atoms with Crippen molar-refractivity contribution in [2.75, 3.05) is 7.05 Å². The molecule has 0 atom stereocenters. The minimum atomic E-state index is -0.480. The summed E-state index contributed by atoms with van der Waals surface area (Å²) in [6.45, 7) is 0. The molecule has 5 nitrogen and oxygen atoms in total. The summed E-state index contributed by atoms with van der Waals surface area (Å²) in [7, 11) is 1.80. The van der Waals surface area contributed by atoms with Crippen LogP contribution in [0, 0.1) is 10.1 Å². The molecule has 1 amide bonds. The van der Waals surface area contributed by atoms with Crippen molar-refractivity contribution in [2.45, 2.75) is 44.6 Å². The molecular weight excluding hydrogens is 336 g/mol. The van der Waals surface area contributed by atoms with Gasteiger partial charge in [-0.3, -0.25) is 14.9 Å². The van der Waals surface area contributed by atoms with Gasteiger partial charge < -0.3 is 4.90 Å². The Hall–Kier alpha value is -1.43. The second-order valence-corrected chi connectivity index (χ2v) is 6.25. The molecule has 0 aliphatic heterocycles. The summed E-state index contributed by atoms with van der Waals surface area (Å²) >= 11 is 3.20. The Balaban J connectivity index is 2.22. The number of rotatable bonds is 3. The molecule has 1 aromatic carbocycles. The third-order valence-electron chi connectivity index (χ3n) is 4.10. The third-order valence-corrected chi connectivity index (χ3v) is 4.93. The van der Waals surface area contributed by atoms with Gasteiger partial charge in [0.2, 0.25) is 0 Å². The lowest BCUT2D eigenvalue weighted by atomic mass is 10.1. The van der Waals surface area contributed by atoms with Gasteiger partial charge in [-0.25, -0.2) is 0 Å². The van der Waals surface area contributed by atoms with E-state index >= 15 is 0 Å². The van der Waals surface area contributed by atoms with Crippen LogP contribution in [0.25, 0.3) is 0 Å². The predicted molar refractivity (Wildman–Crippen MR) is 84.4 cm³/mol. The first kappa shape index (κ1) is 15.9. The largest absolute Gasteiger partial charge is 0.339 e. The molecule has 0 saturated heterocycles. The van der Waals surface area contributed by atoms with Crippen molar-refractivity contribution in [3.63, 3.8) is 0 Å². The fourth-order valence-corrected chi connectivity index (χ4v) is 3.41. The predicted octanol–water partition coefficient (Wildman–Crippen LogP) is 4.15. The molecule has 1 fully saturated rings. The van der Waals surface area contributed by atoms with Crippen molar-refractivity contribution in [1.29, 1.82) is 0 Å². The van der Waals surface area contributed by atoms with Gasteiger partial charge in [0.1, 0.15) is 4.47 Å². The summed E-state index contributed by atoms with van der Waals surface area (Å²) in [5.74, 6) is -0.155. The number of amides is 1. The smallest absolute Gasteiger partial charge is 0.284 e. The van der Waals surface area contributed by atoms with Crippen LogP contribution in [-0.2, 0) is 0 Å². The van der Waals surface area contributed by atoms with Gasteiger partial charge in [0, 0.05) is 19.2 Å². The Morgan fingerprint density at radius 1 is 1.29 bits per heavy atom. The highest BCUT2D eigenvalue weighted by Crippen LogP contribution is 2.30. The number of benzene rings is 1. The first-order chi connectivity index (χ1) is 10.0. The van der Waals surface area contributed by atoms with Crippen LogP contribution < -0.4 is 0 Å². The Bertz CT molecular complexity index is 540. The fourth-order valence-electron chi connectivity index (χ4n) is 2.83. The maximum Gasteiger partial charge on any atom is 0.284 e. The van der Waals surface area contributed by atoms with E-state index in [0.717, 1.165) is 25.7 Å². The van der Waals surface area contributed by atoms with Crippen LogP contribution in [0.2, 0.25) is 0 Å². The molecule has 0 unspecified atom stereocenters. The zero-order valence-electron chi connectivity index (χ0n) is 12.0. The number of nitrogens with zero attached hydrogens (tertiary/aromatic N) is 2. The second kappa shape index (κ2) is 7.02. The Morgan fingerprint density at radius 2 is 1.90 bits per heavy atom. The molecule has 1 aliphatic rings. The number of hydrogen-bond donors (Lipinski definition) is 0. The fraction of sp³-hybridized carbons (Fsp3) is 0.533. The highest BCUT2D eigenvalue weighted by atomic mass is 79.9. The van der Waals surface area contributed by atoms with E-state index in [2.05, 4.69) is 15.9 Å². The van der Waals surface area contributed by atoms with Gasteiger partial charge in [-0.2, -0.15) is 0 Å². The zero-order chi connectivity index (χ0) is 15.4. The lowest BCUT2D eigenvalue weighted by Gasteiger charge is -2.27. The molecule has 1 saturated carbocycles. The Morgan fingerprint density at radius 3 is 2.48 bits per heavy atom. The minimum Gasteiger partial charge on any atom is -0.339 e. The van der Waals surface area contributed by atoms with Crippen LogP contribution in [0.15, 0.2) is 22.7 Å². The molecule has 0 radical (unpaired) electrons. The Labute approximate surface area is 132 Å². The number of carbonyl (C=O) groups is 1. The molecule has 21 heavy (non-hydrogen) atoms. The average molecular weight is 355 g/mol. The molecule has 0 N–H and O–H groups in total. The van der Waals surface area contributed by atoms with Gasteiger partial charge in [-0.05, 0) is 34.8 Å². The highest BCUT2D eigenvalue weighted by Gasteiger charge is 2.26. The quantitative estimate of drug-likeness (QED) is 0.465. The van der Waals surface area contributed by atoms with Crippen LogP contribution in [0.5, 0.6) is 0 Å². The number of nitro benzene ring substituents is 1. The molecule has 6 heteroatoms. The van der Waals surface area contributed by atoms with E-state index in [1.54, 1.807) is 24.1 Å². The lowest BCUT2D eigenvalue weighted by Crippen LogP contribution is -2.37. The van der Waals surface area contributed by atoms with Gasteiger partial charge in [-0.1, -0.05) is 31.7 Å². The van der Waals surface area contributed by atoms with E-state index in [0.29, 0.717) is 5.56 Å². The summed E-state index contributed by atoms with van der Waals surface area (Å²) in [5, 5.41) is 11.0. The van der Waals surface area contributed by atoms with E-state index in [1.807, 2.05) is 0 Å². The van der Waals surface area contributed by atoms with E-state index in [1.165, 1.54) is 18.9 Å². The Kier molecular flexibility index (Phi) is 5.33. The SMILES string of the molecule is CN(C(=O)c1cccc([N+](=O)[O-])c1Br)C1CCCCCC1. The number of nitro groups is 1. The van der Waals surface area contributed by atoms with Gasteiger partial charge in [0.15, 0.2) is 0 Å². The van der Waals surface area contributed by atoms with Crippen molar-refractivity contribution >= 4 is 27.5 Å². The van der Waals surface area contributed by atoms with Crippen LogP contribution >= 0.6 is 15.9 Å². The summed E-state index contributed by atoms with van der Waals surface area (Å²) in [6.07, 6.45) is 6.73. The summed E-state index contributed by atoms with van der Waals surface area (Å²) in [6, 6.07) is 4.81. The molecular formula is C15H19BrN2O3. The van der Waals surface area contributed by atoms with E-state index in [-0.39, 0.29) is 22.1 Å². The van der Waals surface area contributed by atoms with E-state index < -0.39 is 4.92 Å². The molecule has 0 heterocycles. The summed E-state index contributed by atoms with van der Waals surface area (Å²) in [4.78, 5) is 24.9. The summed E-state index contributed by atoms with van der Waals surface area (Å²) < 4.78 is 0.264. The van der Waals surface area contributed by atoms with Crippen molar-refractivity contribution in [3.8, 4) is 0 Å². The van der Waals surface area contributed by atoms with Crippen LogP contribution in [0.1, 0.15) is 48.9 Å². The van der Waals surface area contributed by atoms with Gasteiger partial charge in [0.25, 0.3) is 11.6 Å². The highest BCUT2D eigenvalue weighted by molar-refractivity contribution is 9.10. The topological polar surface area (TPSA) is 63.5 Å². The molecule has 2 rings (SSSR count). The summed E-state index contributed by atoms with van der Waals surface area (Å²) in [5.41, 5.74) is 0.283. The molecule has 1 aromatic rings.